The number of ether oxygens (including phenoxy) is 1. The third-order valence-corrected chi connectivity index (χ3v) is 4.99. The van der Waals surface area contributed by atoms with Crippen LogP contribution in [0.5, 0.6) is 0 Å². The molecular formula is C15H23N2O5PS. The molecular weight excluding hydrogens is 351 g/mol. The van der Waals surface area contributed by atoms with Gasteiger partial charge in [-0.3, -0.25) is 9.88 Å². The molecule has 1 amide bonds. The van der Waals surface area contributed by atoms with Gasteiger partial charge in [-0.25, -0.2) is 4.79 Å². The summed E-state index contributed by atoms with van der Waals surface area (Å²) in [5, 5.41) is 5.38. The zero-order valence-electron chi connectivity index (χ0n) is 14.0. The van der Waals surface area contributed by atoms with Crippen LogP contribution in [0.4, 0.5) is 10.5 Å². The zero-order valence-corrected chi connectivity index (χ0v) is 15.7. The summed E-state index contributed by atoms with van der Waals surface area (Å²) in [6, 6.07) is 7.10. The maximum atomic E-state index is 12.5. The summed E-state index contributed by atoms with van der Waals surface area (Å²) < 4.78 is 27.8. The normalized spacial score (nSPS) is 11.0. The average molecular weight is 374 g/mol. The van der Waals surface area contributed by atoms with Crippen LogP contribution in [0, 0.1) is 0 Å². The fourth-order valence-electron chi connectivity index (χ4n) is 1.86. The van der Waals surface area contributed by atoms with Gasteiger partial charge in [0.2, 0.25) is 0 Å². The minimum Gasteiger partial charge on any atom is -0.450 e. The molecule has 0 radical (unpaired) electrons. The minimum atomic E-state index is -3.13. The zero-order chi connectivity index (χ0) is 18.0. The topological polar surface area (TPSA) is 85.9 Å². The molecule has 134 valence electrons. The Labute approximate surface area is 147 Å². The van der Waals surface area contributed by atoms with Gasteiger partial charge in [0, 0.05) is 5.69 Å². The summed E-state index contributed by atoms with van der Waals surface area (Å²) in [6.45, 7) is 6.17. The molecule has 1 rings (SSSR count). The van der Waals surface area contributed by atoms with E-state index >= 15 is 0 Å². The van der Waals surface area contributed by atoms with Crippen LogP contribution in [0.25, 0.3) is 0 Å². The summed E-state index contributed by atoms with van der Waals surface area (Å²) in [7, 11) is -3.13. The Morgan fingerprint density at radius 2 is 1.67 bits per heavy atom. The van der Waals surface area contributed by atoms with Gasteiger partial charge in [0.15, 0.2) is 5.11 Å². The van der Waals surface area contributed by atoms with Gasteiger partial charge in [-0.05, 0) is 50.7 Å². The fraction of sp³-hybridized carbons (Fsp3) is 0.467. The first-order valence-electron chi connectivity index (χ1n) is 7.64. The van der Waals surface area contributed by atoms with Crippen molar-refractivity contribution in [1.82, 2.24) is 5.32 Å². The molecule has 0 atom stereocenters. The van der Waals surface area contributed by atoms with Crippen molar-refractivity contribution in [3.05, 3.63) is 29.8 Å². The third kappa shape index (κ3) is 7.40. The van der Waals surface area contributed by atoms with Crippen molar-refractivity contribution in [3.63, 3.8) is 0 Å². The summed E-state index contributed by atoms with van der Waals surface area (Å²) in [5.74, 6) is 0. The van der Waals surface area contributed by atoms with E-state index in [1.165, 1.54) is 0 Å². The number of nitrogens with one attached hydrogen (secondary N) is 2. The number of rotatable bonds is 8. The predicted octanol–water partition coefficient (Wildman–Crippen LogP) is 3.90. The smallest absolute Gasteiger partial charge is 0.413 e. The van der Waals surface area contributed by atoms with Gasteiger partial charge >= 0.3 is 13.7 Å². The number of hydrogen-bond donors (Lipinski definition) is 2. The fourth-order valence-corrected chi connectivity index (χ4v) is 3.76. The Bertz CT molecular complexity index is 584. The lowest BCUT2D eigenvalue weighted by atomic mass is 10.2. The number of hydrogen-bond acceptors (Lipinski definition) is 6. The number of benzene rings is 1. The van der Waals surface area contributed by atoms with Crippen molar-refractivity contribution in [2.24, 2.45) is 0 Å². The molecule has 0 spiro atoms. The molecule has 0 aliphatic carbocycles. The first-order chi connectivity index (χ1) is 11.4. The van der Waals surface area contributed by atoms with E-state index < -0.39 is 13.7 Å². The number of anilines is 1. The molecule has 0 aliphatic heterocycles. The Balaban J connectivity index is 2.63. The summed E-state index contributed by atoms with van der Waals surface area (Å²) >= 11 is 5.01. The number of carbonyl (C=O) groups is 1. The van der Waals surface area contributed by atoms with E-state index in [-0.39, 0.29) is 17.9 Å². The predicted molar refractivity (Wildman–Crippen MR) is 97.4 cm³/mol. The lowest BCUT2D eigenvalue weighted by molar-refractivity contribution is 0.158. The molecule has 2 N–H and O–H groups in total. The van der Waals surface area contributed by atoms with E-state index in [1.54, 1.807) is 45.0 Å². The molecule has 0 fully saturated rings. The highest BCUT2D eigenvalue weighted by atomic mass is 32.1. The van der Waals surface area contributed by atoms with E-state index in [9.17, 15) is 9.36 Å². The molecule has 0 saturated carbocycles. The summed E-state index contributed by atoms with van der Waals surface area (Å²) in [4.78, 5) is 11.3. The average Bonchev–Trinajstić information content (AvgIpc) is 2.49. The highest BCUT2D eigenvalue weighted by molar-refractivity contribution is 7.80. The molecule has 0 unspecified atom stereocenters. The van der Waals surface area contributed by atoms with Crippen molar-refractivity contribution < 1.29 is 23.1 Å². The van der Waals surface area contributed by atoms with Gasteiger partial charge in [0.1, 0.15) is 0 Å². The van der Waals surface area contributed by atoms with Gasteiger partial charge < -0.3 is 19.1 Å². The van der Waals surface area contributed by atoms with Crippen molar-refractivity contribution >= 4 is 36.7 Å². The van der Waals surface area contributed by atoms with Gasteiger partial charge in [0.25, 0.3) is 0 Å². The summed E-state index contributed by atoms with van der Waals surface area (Å²) in [6.07, 6.45) is -0.415. The molecule has 0 bridgehead atoms. The first kappa shape index (κ1) is 20.6. The largest absolute Gasteiger partial charge is 0.450 e. The van der Waals surface area contributed by atoms with Crippen LogP contribution in [-0.2, 0) is 24.5 Å². The number of alkyl carbamates (subject to hydrolysis) is 1. The van der Waals surface area contributed by atoms with Crippen LogP contribution in [0.3, 0.4) is 0 Å². The maximum Gasteiger partial charge on any atom is 0.413 e. The molecule has 0 aromatic heterocycles. The van der Waals surface area contributed by atoms with Crippen LogP contribution in [0.15, 0.2) is 24.3 Å². The first-order valence-corrected chi connectivity index (χ1v) is 9.77. The van der Waals surface area contributed by atoms with Gasteiger partial charge in [-0.15, -0.1) is 0 Å². The van der Waals surface area contributed by atoms with Crippen molar-refractivity contribution in [3.8, 4) is 0 Å². The van der Waals surface area contributed by atoms with Crippen LogP contribution in [0.1, 0.15) is 26.3 Å². The Kier molecular flexibility index (Phi) is 8.92. The van der Waals surface area contributed by atoms with Crippen molar-refractivity contribution in [2.45, 2.75) is 26.9 Å². The lowest BCUT2D eigenvalue weighted by Gasteiger charge is -2.17. The minimum absolute atomic E-state index is 0.135. The molecule has 0 aliphatic rings. The van der Waals surface area contributed by atoms with E-state index in [0.29, 0.717) is 18.9 Å². The standard InChI is InChI=1S/C15H23N2O5PS/c1-4-20-15(18)17-14(24)16-13-9-7-12(8-10-13)11-23(19,21-5-2)22-6-3/h7-10H,4-6,11H2,1-3H3,(H2,16,17,18,24). The Morgan fingerprint density at radius 3 is 2.17 bits per heavy atom. The molecule has 9 heteroatoms. The van der Waals surface area contributed by atoms with Crippen LogP contribution < -0.4 is 10.6 Å². The van der Waals surface area contributed by atoms with E-state index in [4.69, 9.17) is 26.0 Å². The Hall–Kier alpha value is -1.47. The second-order valence-corrected chi connectivity index (χ2v) is 7.06. The molecule has 1 aromatic carbocycles. The second-order valence-electron chi connectivity index (χ2n) is 4.60. The second kappa shape index (κ2) is 10.4. The highest BCUT2D eigenvalue weighted by Crippen LogP contribution is 2.51. The summed E-state index contributed by atoms with van der Waals surface area (Å²) in [5.41, 5.74) is 1.50. The highest BCUT2D eigenvalue weighted by Gasteiger charge is 2.23. The van der Waals surface area contributed by atoms with Crippen LogP contribution >= 0.6 is 19.8 Å². The molecule has 0 heterocycles. The maximum absolute atomic E-state index is 12.5. The van der Waals surface area contributed by atoms with Crippen LogP contribution in [0.2, 0.25) is 0 Å². The monoisotopic (exact) mass is 374 g/mol. The van der Waals surface area contributed by atoms with E-state index in [2.05, 4.69) is 10.6 Å². The van der Waals surface area contributed by atoms with Gasteiger partial charge in [-0.2, -0.15) is 0 Å². The number of thiocarbonyl (C=S) groups is 1. The van der Waals surface area contributed by atoms with Crippen molar-refractivity contribution in [1.29, 1.82) is 0 Å². The van der Waals surface area contributed by atoms with Crippen LogP contribution in [-0.4, -0.2) is 31.0 Å². The molecule has 24 heavy (non-hydrogen) atoms. The van der Waals surface area contributed by atoms with Gasteiger partial charge in [-0.1, -0.05) is 12.1 Å². The van der Waals surface area contributed by atoms with Crippen molar-refractivity contribution in [2.75, 3.05) is 25.1 Å². The Morgan fingerprint density at radius 1 is 1.08 bits per heavy atom. The van der Waals surface area contributed by atoms with E-state index in [1.807, 2.05) is 0 Å². The number of carbonyl (C=O) groups excluding carboxylic acids is 1. The molecule has 0 saturated heterocycles. The molecule has 7 nitrogen and oxygen atoms in total. The van der Waals surface area contributed by atoms with Gasteiger partial charge in [0.05, 0.1) is 26.0 Å². The SMILES string of the molecule is CCOC(=O)NC(=S)Nc1ccc(CP(=O)(OCC)OCC)cc1. The van der Waals surface area contributed by atoms with E-state index in [0.717, 1.165) is 5.56 Å². The quantitative estimate of drug-likeness (QED) is 0.527. The molecule has 1 aromatic rings. The lowest BCUT2D eigenvalue weighted by Crippen LogP contribution is -2.34. The third-order valence-electron chi connectivity index (χ3n) is 2.73. The number of amides is 1.